The second-order valence-electron chi connectivity index (χ2n) is 5.17. The van der Waals surface area contributed by atoms with Crippen molar-refractivity contribution in [1.29, 1.82) is 0 Å². The van der Waals surface area contributed by atoms with Crippen LogP contribution in [0.5, 0.6) is 0 Å². The summed E-state index contributed by atoms with van der Waals surface area (Å²) >= 11 is 0. The van der Waals surface area contributed by atoms with E-state index < -0.39 is 0 Å². The Hall–Kier alpha value is -0.0800. The summed E-state index contributed by atoms with van der Waals surface area (Å²) in [5.74, 6) is 0.940. The van der Waals surface area contributed by atoms with Crippen molar-refractivity contribution in [1.82, 2.24) is 10.2 Å². The van der Waals surface area contributed by atoms with Gasteiger partial charge in [-0.2, -0.15) is 0 Å². The second-order valence-corrected chi connectivity index (χ2v) is 5.17. The van der Waals surface area contributed by atoms with Crippen LogP contribution in [0, 0.1) is 5.92 Å². The Balaban J connectivity index is 2.09. The first kappa shape index (κ1) is 14.0. The molecule has 1 rings (SSSR count). The van der Waals surface area contributed by atoms with Gasteiger partial charge in [-0.3, -0.25) is 0 Å². The highest BCUT2D eigenvalue weighted by atomic mass is 15.2. The molecular weight excluding hydrogens is 196 g/mol. The van der Waals surface area contributed by atoms with Crippen molar-refractivity contribution in [3.63, 3.8) is 0 Å². The molecule has 1 saturated heterocycles. The maximum Gasteiger partial charge on any atom is 0.0107 e. The third kappa shape index (κ3) is 5.86. The summed E-state index contributed by atoms with van der Waals surface area (Å²) in [6.07, 6.45) is 8.46. The summed E-state index contributed by atoms with van der Waals surface area (Å²) in [5, 5.41) is 3.42. The molecule has 0 amide bonds. The van der Waals surface area contributed by atoms with Gasteiger partial charge in [0.15, 0.2) is 0 Å². The third-order valence-electron chi connectivity index (χ3n) is 3.77. The third-order valence-corrected chi connectivity index (χ3v) is 3.77. The smallest absolute Gasteiger partial charge is 0.0107 e. The van der Waals surface area contributed by atoms with E-state index in [1.54, 1.807) is 0 Å². The molecule has 0 aromatic heterocycles. The Bertz CT molecular complexity index is 153. The number of nitrogens with zero attached hydrogens (tertiary/aromatic N) is 1. The lowest BCUT2D eigenvalue weighted by atomic mass is 9.97. The highest BCUT2D eigenvalue weighted by Crippen LogP contribution is 2.16. The largest absolute Gasteiger partial charge is 0.314 e. The molecule has 1 heterocycles. The molecule has 0 unspecified atom stereocenters. The molecule has 1 fully saturated rings. The van der Waals surface area contributed by atoms with Crippen LogP contribution in [0.4, 0.5) is 0 Å². The number of nitrogens with one attached hydrogen (secondary N) is 1. The highest BCUT2D eigenvalue weighted by molar-refractivity contribution is 4.71. The van der Waals surface area contributed by atoms with Crippen LogP contribution in [0.3, 0.4) is 0 Å². The first-order chi connectivity index (χ1) is 7.86. The Morgan fingerprint density at radius 1 is 1.06 bits per heavy atom. The van der Waals surface area contributed by atoms with Crippen molar-refractivity contribution in [2.24, 2.45) is 5.92 Å². The molecule has 2 nitrogen and oxygen atoms in total. The average molecular weight is 226 g/mol. The highest BCUT2D eigenvalue weighted by Gasteiger charge is 2.14. The number of unbranched alkanes of at least 4 members (excludes halogenated alkanes) is 3. The Labute approximate surface area is 102 Å². The van der Waals surface area contributed by atoms with Gasteiger partial charge in [-0.25, -0.2) is 0 Å². The van der Waals surface area contributed by atoms with Crippen LogP contribution in [0.2, 0.25) is 0 Å². The summed E-state index contributed by atoms with van der Waals surface area (Å²) in [5.41, 5.74) is 0. The molecule has 1 atom stereocenters. The lowest BCUT2D eigenvalue weighted by Crippen LogP contribution is -2.45. The van der Waals surface area contributed by atoms with E-state index in [1.807, 2.05) is 0 Å². The van der Waals surface area contributed by atoms with Crippen molar-refractivity contribution in [3.05, 3.63) is 0 Å². The molecule has 0 spiro atoms. The van der Waals surface area contributed by atoms with Crippen LogP contribution in [-0.4, -0.2) is 37.6 Å². The number of hydrogen-bond acceptors (Lipinski definition) is 2. The molecule has 0 aromatic carbocycles. The molecule has 16 heavy (non-hydrogen) atoms. The number of rotatable bonds is 8. The van der Waals surface area contributed by atoms with Gasteiger partial charge in [0.05, 0.1) is 0 Å². The van der Waals surface area contributed by atoms with E-state index in [0.29, 0.717) is 0 Å². The first-order valence-corrected chi connectivity index (χ1v) is 7.29. The fraction of sp³-hybridized carbons (Fsp3) is 1.00. The molecule has 1 aliphatic heterocycles. The topological polar surface area (TPSA) is 15.3 Å². The quantitative estimate of drug-likeness (QED) is 0.640. The van der Waals surface area contributed by atoms with Crippen LogP contribution in [0.1, 0.15) is 52.4 Å². The van der Waals surface area contributed by atoms with Crippen molar-refractivity contribution in [2.75, 3.05) is 32.7 Å². The van der Waals surface area contributed by atoms with Crippen LogP contribution in [0.25, 0.3) is 0 Å². The molecule has 1 N–H and O–H groups in total. The SMILES string of the molecule is CCCCCC[C@@H](CC)CN1CCNCC1. The van der Waals surface area contributed by atoms with Gasteiger partial charge in [-0.15, -0.1) is 0 Å². The summed E-state index contributed by atoms with van der Waals surface area (Å²) in [4.78, 5) is 2.64. The van der Waals surface area contributed by atoms with Gasteiger partial charge in [0.1, 0.15) is 0 Å². The molecule has 0 bridgehead atoms. The van der Waals surface area contributed by atoms with Crippen LogP contribution in [0.15, 0.2) is 0 Å². The monoisotopic (exact) mass is 226 g/mol. The zero-order chi connectivity index (χ0) is 11.6. The summed E-state index contributed by atoms with van der Waals surface area (Å²) in [6.45, 7) is 10.9. The minimum Gasteiger partial charge on any atom is -0.314 e. The Morgan fingerprint density at radius 3 is 2.44 bits per heavy atom. The minimum atomic E-state index is 0.940. The lowest BCUT2D eigenvalue weighted by molar-refractivity contribution is 0.196. The van der Waals surface area contributed by atoms with Gasteiger partial charge in [0, 0.05) is 32.7 Å². The van der Waals surface area contributed by atoms with E-state index in [4.69, 9.17) is 0 Å². The molecule has 0 saturated carbocycles. The van der Waals surface area contributed by atoms with E-state index in [1.165, 1.54) is 71.2 Å². The summed E-state index contributed by atoms with van der Waals surface area (Å²) < 4.78 is 0. The van der Waals surface area contributed by atoms with Crippen molar-refractivity contribution in [2.45, 2.75) is 52.4 Å². The van der Waals surface area contributed by atoms with E-state index in [0.717, 1.165) is 5.92 Å². The predicted octanol–water partition coefficient (Wildman–Crippen LogP) is 2.89. The fourth-order valence-corrected chi connectivity index (χ4v) is 2.54. The Kier molecular flexibility index (Phi) is 7.87. The lowest BCUT2D eigenvalue weighted by Gasteiger charge is -2.30. The first-order valence-electron chi connectivity index (χ1n) is 7.29. The van der Waals surface area contributed by atoms with E-state index >= 15 is 0 Å². The van der Waals surface area contributed by atoms with Gasteiger partial charge in [0.25, 0.3) is 0 Å². The summed E-state index contributed by atoms with van der Waals surface area (Å²) in [6, 6.07) is 0. The molecule has 1 aliphatic rings. The zero-order valence-electron chi connectivity index (χ0n) is 11.3. The molecular formula is C14H30N2. The van der Waals surface area contributed by atoms with Crippen LogP contribution in [-0.2, 0) is 0 Å². The van der Waals surface area contributed by atoms with Crippen molar-refractivity contribution < 1.29 is 0 Å². The number of piperazine rings is 1. The van der Waals surface area contributed by atoms with Crippen molar-refractivity contribution >= 4 is 0 Å². The minimum absolute atomic E-state index is 0.940. The zero-order valence-corrected chi connectivity index (χ0v) is 11.3. The summed E-state index contributed by atoms with van der Waals surface area (Å²) in [7, 11) is 0. The molecule has 96 valence electrons. The maximum atomic E-state index is 3.42. The van der Waals surface area contributed by atoms with Crippen LogP contribution < -0.4 is 5.32 Å². The van der Waals surface area contributed by atoms with E-state index in [-0.39, 0.29) is 0 Å². The average Bonchev–Trinajstić information content (AvgIpc) is 2.34. The number of hydrogen-bond donors (Lipinski definition) is 1. The fourth-order valence-electron chi connectivity index (χ4n) is 2.54. The van der Waals surface area contributed by atoms with Gasteiger partial charge in [0.2, 0.25) is 0 Å². The van der Waals surface area contributed by atoms with Gasteiger partial charge in [-0.1, -0.05) is 46.0 Å². The van der Waals surface area contributed by atoms with Crippen LogP contribution >= 0.6 is 0 Å². The predicted molar refractivity (Wildman–Crippen MR) is 71.8 cm³/mol. The van der Waals surface area contributed by atoms with Crippen molar-refractivity contribution in [3.8, 4) is 0 Å². The molecule has 0 radical (unpaired) electrons. The van der Waals surface area contributed by atoms with Gasteiger partial charge >= 0.3 is 0 Å². The second kappa shape index (κ2) is 9.00. The molecule has 0 aliphatic carbocycles. The normalized spacial score (nSPS) is 19.9. The van der Waals surface area contributed by atoms with Gasteiger partial charge < -0.3 is 10.2 Å². The van der Waals surface area contributed by atoms with Gasteiger partial charge in [-0.05, 0) is 12.3 Å². The maximum absolute atomic E-state index is 3.42. The van der Waals surface area contributed by atoms with E-state index in [2.05, 4.69) is 24.1 Å². The van der Waals surface area contributed by atoms with E-state index in [9.17, 15) is 0 Å². The molecule has 2 heteroatoms. The molecule has 0 aromatic rings. The Morgan fingerprint density at radius 2 is 1.81 bits per heavy atom. The standard InChI is InChI=1S/C14H30N2/c1-3-5-6-7-8-14(4-2)13-16-11-9-15-10-12-16/h14-15H,3-13H2,1-2H3/t14-/m1/s1.